The van der Waals surface area contributed by atoms with Gasteiger partial charge in [-0.2, -0.15) is 4.72 Å². The zero-order valence-corrected chi connectivity index (χ0v) is 20.2. The molecular weight excluding hydrogens is 454 g/mol. The minimum Gasteiger partial charge on any atom is -0.364 e. The van der Waals surface area contributed by atoms with Crippen LogP contribution in [0.3, 0.4) is 0 Å². The number of H-pyrrole nitrogens is 2. The predicted octanol–water partition coefficient (Wildman–Crippen LogP) is 5.90. The molecule has 5 aromatic rings. The second-order valence-corrected chi connectivity index (χ2v) is 10.3. The SMILES string of the molecule is Cc1ccc(S(=O)(=O)NC(c2ccccc2)c2ccc(C(c3ccccc3)c3ccc[nH]3)[nH]2)cc1. The molecule has 2 atom stereocenters. The molecule has 0 bridgehead atoms. The molecule has 0 amide bonds. The first-order chi connectivity index (χ1) is 17.0. The maximum Gasteiger partial charge on any atom is 0.241 e. The van der Waals surface area contributed by atoms with Crippen LogP contribution >= 0.6 is 0 Å². The van der Waals surface area contributed by atoms with Crippen molar-refractivity contribution in [3.8, 4) is 0 Å². The second-order valence-electron chi connectivity index (χ2n) is 8.62. The molecular formula is C29H27N3O2S. The van der Waals surface area contributed by atoms with Crippen molar-refractivity contribution in [2.24, 2.45) is 0 Å². The molecule has 0 aliphatic carbocycles. The van der Waals surface area contributed by atoms with Crippen LogP contribution in [0.25, 0.3) is 0 Å². The molecule has 0 fully saturated rings. The van der Waals surface area contributed by atoms with Gasteiger partial charge in [0, 0.05) is 23.3 Å². The highest BCUT2D eigenvalue weighted by molar-refractivity contribution is 7.89. The Hall–Kier alpha value is -3.87. The van der Waals surface area contributed by atoms with Crippen molar-refractivity contribution >= 4 is 10.0 Å². The van der Waals surface area contributed by atoms with Gasteiger partial charge in [0.2, 0.25) is 10.0 Å². The quantitative estimate of drug-likeness (QED) is 0.258. The Kier molecular flexibility index (Phi) is 6.40. The molecule has 2 unspecified atom stereocenters. The van der Waals surface area contributed by atoms with E-state index in [-0.39, 0.29) is 10.8 Å². The molecule has 5 rings (SSSR count). The summed E-state index contributed by atoms with van der Waals surface area (Å²) in [6, 6.07) is 34.2. The monoisotopic (exact) mass is 481 g/mol. The lowest BCUT2D eigenvalue weighted by Crippen LogP contribution is -2.29. The smallest absolute Gasteiger partial charge is 0.241 e. The molecule has 6 heteroatoms. The van der Waals surface area contributed by atoms with Crippen LogP contribution < -0.4 is 4.72 Å². The number of aromatic amines is 2. The first-order valence-electron chi connectivity index (χ1n) is 11.5. The number of aryl methyl sites for hydroxylation is 1. The molecule has 3 N–H and O–H groups in total. The summed E-state index contributed by atoms with van der Waals surface area (Å²) in [6.07, 6.45) is 1.91. The molecule has 2 aromatic heterocycles. The van der Waals surface area contributed by atoms with Gasteiger partial charge in [0.25, 0.3) is 0 Å². The largest absolute Gasteiger partial charge is 0.364 e. The second kappa shape index (κ2) is 9.78. The van der Waals surface area contributed by atoms with Crippen LogP contribution in [0.4, 0.5) is 0 Å². The molecule has 0 saturated carbocycles. The fourth-order valence-electron chi connectivity index (χ4n) is 4.36. The van der Waals surface area contributed by atoms with Crippen LogP contribution in [0.5, 0.6) is 0 Å². The lowest BCUT2D eigenvalue weighted by Gasteiger charge is -2.20. The number of aromatic nitrogens is 2. The molecule has 2 heterocycles. The molecule has 0 saturated heterocycles. The van der Waals surface area contributed by atoms with Crippen molar-refractivity contribution in [3.63, 3.8) is 0 Å². The van der Waals surface area contributed by atoms with E-state index >= 15 is 0 Å². The molecule has 0 spiro atoms. The van der Waals surface area contributed by atoms with Gasteiger partial charge in [-0.05, 0) is 54.4 Å². The highest BCUT2D eigenvalue weighted by Gasteiger charge is 2.26. The number of hydrogen-bond acceptors (Lipinski definition) is 2. The van der Waals surface area contributed by atoms with Gasteiger partial charge in [-0.25, -0.2) is 8.42 Å². The van der Waals surface area contributed by atoms with Gasteiger partial charge >= 0.3 is 0 Å². The summed E-state index contributed by atoms with van der Waals surface area (Å²) >= 11 is 0. The number of nitrogens with one attached hydrogen (secondary N) is 3. The van der Waals surface area contributed by atoms with Crippen LogP contribution in [0, 0.1) is 6.92 Å². The van der Waals surface area contributed by atoms with Gasteiger partial charge in [0.05, 0.1) is 16.9 Å². The molecule has 0 aliphatic rings. The maximum atomic E-state index is 13.3. The van der Waals surface area contributed by atoms with Crippen molar-refractivity contribution in [1.29, 1.82) is 0 Å². The van der Waals surface area contributed by atoms with Crippen molar-refractivity contribution in [3.05, 3.63) is 149 Å². The van der Waals surface area contributed by atoms with E-state index in [9.17, 15) is 8.42 Å². The average Bonchev–Trinajstić information content (AvgIpc) is 3.58. The van der Waals surface area contributed by atoms with E-state index in [0.29, 0.717) is 0 Å². The Bertz CT molecular complexity index is 1470. The molecule has 0 radical (unpaired) electrons. The van der Waals surface area contributed by atoms with Gasteiger partial charge in [-0.1, -0.05) is 78.4 Å². The summed E-state index contributed by atoms with van der Waals surface area (Å²) in [5.74, 6) is -0.0370. The highest BCUT2D eigenvalue weighted by Crippen LogP contribution is 2.32. The maximum absolute atomic E-state index is 13.3. The normalized spacial score (nSPS) is 13.4. The fourth-order valence-corrected chi connectivity index (χ4v) is 5.56. The third-order valence-electron chi connectivity index (χ3n) is 6.16. The average molecular weight is 482 g/mol. The zero-order chi connectivity index (χ0) is 24.3. The van der Waals surface area contributed by atoms with E-state index in [2.05, 4.69) is 32.9 Å². The standard InChI is InChI=1S/C29H27N3O2S/c1-21-14-16-24(17-15-21)35(33,34)32-29(23-11-6-3-7-12-23)27-19-18-26(31-27)28(25-13-8-20-30-25)22-9-4-2-5-10-22/h2-20,28-32H,1H3. The number of hydrogen-bond donors (Lipinski definition) is 3. The van der Waals surface area contributed by atoms with E-state index < -0.39 is 16.1 Å². The van der Waals surface area contributed by atoms with Crippen LogP contribution in [0.15, 0.2) is 120 Å². The summed E-state index contributed by atoms with van der Waals surface area (Å²) in [7, 11) is -3.76. The summed E-state index contributed by atoms with van der Waals surface area (Å²) < 4.78 is 29.6. The van der Waals surface area contributed by atoms with Crippen LogP contribution in [-0.2, 0) is 10.0 Å². The zero-order valence-electron chi connectivity index (χ0n) is 19.3. The first-order valence-corrected chi connectivity index (χ1v) is 13.0. The van der Waals surface area contributed by atoms with Crippen LogP contribution in [0.1, 0.15) is 45.7 Å². The molecule has 5 nitrogen and oxygen atoms in total. The summed E-state index contributed by atoms with van der Waals surface area (Å²) in [4.78, 5) is 7.11. The molecule has 176 valence electrons. The molecule has 0 aliphatic heterocycles. The fraction of sp³-hybridized carbons (Fsp3) is 0.103. The van der Waals surface area contributed by atoms with Gasteiger partial charge in [0.15, 0.2) is 0 Å². The Morgan fingerprint density at radius 2 is 1.29 bits per heavy atom. The van der Waals surface area contributed by atoms with E-state index in [1.165, 1.54) is 0 Å². The third kappa shape index (κ3) is 4.99. The van der Waals surface area contributed by atoms with Crippen molar-refractivity contribution in [2.45, 2.75) is 23.8 Å². The number of rotatable bonds is 8. The van der Waals surface area contributed by atoms with E-state index in [1.807, 2.05) is 79.9 Å². The van der Waals surface area contributed by atoms with Crippen LogP contribution in [-0.4, -0.2) is 18.4 Å². The Morgan fingerprint density at radius 3 is 1.91 bits per heavy atom. The van der Waals surface area contributed by atoms with E-state index in [0.717, 1.165) is 33.8 Å². The Morgan fingerprint density at radius 1 is 0.657 bits per heavy atom. The minimum absolute atomic E-state index is 0.0370. The van der Waals surface area contributed by atoms with Gasteiger partial charge in [0.1, 0.15) is 0 Å². The van der Waals surface area contributed by atoms with Crippen molar-refractivity contribution in [2.75, 3.05) is 0 Å². The highest BCUT2D eigenvalue weighted by atomic mass is 32.2. The van der Waals surface area contributed by atoms with Gasteiger partial charge < -0.3 is 9.97 Å². The summed E-state index contributed by atoms with van der Waals surface area (Å²) in [5.41, 5.74) is 5.81. The minimum atomic E-state index is -3.76. The lowest BCUT2D eigenvalue weighted by molar-refractivity contribution is 0.570. The molecule has 35 heavy (non-hydrogen) atoms. The van der Waals surface area contributed by atoms with E-state index in [1.54, 1.807) is 24.3 Å². The predicted molar refractivity (Wildman–Crippen MR) is 139 cm³/mol. The number of sulfonamides is 1. The van der Waals surface area contributed by atoms with Crippen molar-refractivity contribution in [1.82, 2.24) is 14.7 Å². The lowest BCUT2D eigenvalue weighted by atomic mass is 9.93. The topological polar surface area (TPSA) is 77.8 Å². The first kappa shape index (κ1) is 22.9. The van der Waals surface area contributed by atoms with Crippen LogP contribution in [0.2, 0.25) is 0 Å². The number of benzene rings is 3. The van der Waals surface area contributed by atoms with Gasteiger partial charge in [-0.3, -0.25) is 0 Å². The Labute approximate surface area is 205 Å². The third-order valence-corrected chi connectivity index (χ3v) is 7.60. The summed E-state index contributed by atoms with van der Waals surface area (Å²) in [6.45, 7) is 1.93. The molecule has 3 aromatic carbocycles. The Balaban J connectivity index is 1.55. The van der Waals surface area contributed by atoms with E-state index in [4.69, 9.17) is 0 Å². The van der Waals surface area contributed by atoms with Crippen molar-refractivity contribution < 1.29 is 8.42 Å². The van der Waals surface area contributed by atoms with Gasteiger partial charge in [-0.15, -0.1) is 0 Å². The summed E-state index contributed by atoms with van der Waals surface area (Å²) in [5, 5.41) is 0.